The lowest BCUT2D eigenvalue weighted by Crippen LogP contribution is -2.41. The molecule has 0 radical (unpaired) electrons. The molecule has 0 fully saturated rings. The molecule has 3 N–H and O–H groups in total. The number of carbonyl (C=O) groups excluding carboxylic acids is 2. The van der Waals surface area contributed by atoms with Crippen molar-refractivity contribution >= 4 is 29.7 Å². The Bertz CT molecular complexity index is 919. The van der Waals surface area contributed by atoms with Crippen molar-refractivity contribution in [1.82, 2.24) is 10.6 Å². The molecule has 1 atom stereocenters. The summed E-state index contributed by atoms with van der Waals surface area (Å²) in [6, 6.07) is 15.1. The van der Waals surface area contributed by atoms with E-state index in [1.54, 1.807) is 11.8 Å². The van der Waals surface area contributed by atoms with E-state index in [9.17, 15) is 19.5 Å². The average Bonchev–Trinajstić information content (AvgIpc) is 3.09. The van der Waals surface area contributed by atoms with E-state index in [2.05, 4.69) is 22.8 Å². The number of nitrogens with one attached hydrogen (secondary N) is 2. The van der Waals surface area contributed by atoms with Gasteiger partial charge in [-0.25, -0.2) is 9.59 Å². The van der Waals surface area contributed by atoms with Crippen molar-refractivity contribution in [2.24, 2.45) is 0 Å². The molecule has 7 nitrogen and oxygen atoms in total. The fraction of sp³-hybridized carbons (Fsp3) is 0.375. The van der Waals surface area contributed by atoms with E-state index in [-0.39, 0.29) is 18.4 Å². The highest BCUT2D eigenvalue weighted by atomic mass is 32.2. The number of thioether (sulfide) groups is 1. The van der Waals surface area contributed by atoms with Crippen LogP contribution in [0.2, 0.25) is 0 Å². The maximum atomic E-state index is 12.3. The van der Waals surface area contributed by atoms with Crippen molar-refractivity contribution in [3.05, 3.63) is 59.7 Å². The van der Waals surface area contributed by atoms with Gasteiger partial charge in [-0.15, -0.1) is 11.8 Å². The number of carboxylic acid groups (broad SMARTS) is 1. The van der Waals surface area contributed by atoms with E-state index in [0.717, 1.165) is 34.4 Å². The quantitative estimate of drug-likeness (QED) is 0.349. The summed E-state index contributed by atoms with van der Waals surface area (Å²) in [5.74, 6) is 0.116. The molecule has 0 bridgehead atoms. The van der Waals surface area contributed by atoms with Gasteiger partial charge in [0.2, 0.25) is 5.91 Å². The Labute approximate surface area is 191 Å². The van der Waals surface area contributed by atoms with Crippen molar-refractivity contribution in [1.29, 1.82) is 0 Å². The standard InChI is InChI=1S/C24H28N2O5S/c1-16(27)25-15-32-13-7-6-12-22(23(28)29)26-24(30)31-14-21-19-10-4-2-8-17(19)18-9-3-5-11-20(18)21/h2-5,8-11,21-22H,6-7,12-15H2,1H3,(H,25,27)(H,26,30)(H,28,29)/t22-/m1/s1. The summed E-state index contributed by atoms with van der Waals surface area (Å²) in [5, 5.41) is 14.6. The number of carbonyl (C=O) groups is 3. The lowest BCUT2D eigenvalue weighted by Gasteiger charge is -2.17. The first-order valence-corrected chi connectivity index (χ1v) is 11.8. The first-order valence-electron chi connectivity index (χ1n) is 10.6. The molecular weight excluding hydrogens is 428 g/mol. The maximum absolute atomic E-state index is 12.3. The molecule has 0 heterocycles. The van der Waals surface area contributed by atoms with Crippen LogP contribution in [0, 0.1) is 0 Å². The third-order valence-electron chi connectivity index (χ3n) is 5.39. The zero-order chi connectivity index (χ0) is 22.9. The number of rotatable bonds is 11. The first kappa shape index (κ1) is 23.7. The van der Waals surface area contributed by atoms with Gasteiger partial charge in [-0.05, 0) is 47.3 Å². The Morgan fingerprint density at radius 3 is 2.25 bits per heavy atom. The highest BCUT2D eigenvalue weighted by Gasteiger charge is 2.29. The van der Waals surface area contributed by atoms with Crippen LogP contribution in [0.25, 0.3) is 11.1 Å². The molecule has 0 saturated heterocycles. The van der Waals surface area contributed by atoms with E-state index in [0.29, 0.717) is 18.7 Å². The summed E-state index contributed by atoms with van der Waals surface area (Å²) in [7, 11) is 0. The molecule has 0 aliphatic heterocycles. The van der Waals surface area contributed by atoms with Gasteiger partial charge >= 0.3 is 12.1 Å². The van der Waals surface area contributed by atoms with Crippen molar-refractivity contribution in [2.45, 2.75) is 38.1 Å². The number of hydrogen-bond donors (Lipinski definition) is 3. The van der Waals surface area contributed by atoms with Gasteiger partial charge in [0.15, 0.2) is 0 Å². The Morgan fingerprint density at radius 1 is 1.03 bits per heavy atom. The number of unbranched alkanes of at least 4 members (excludes halogenated alkanes) is 1. The lowest BCUT2D eigenvalue weighted by molar-refractivity contribution is -0.139. The number of amides is 2. The van der Waals surface area contributed by atoms with Crippen LogP contribution in [0.15, 0.2) is 48.5 Å². The number of hydrogen-bond acceptors (Lipinski definition) is 5. The number of ether oxygens (including phenoxy) is 1. The molecule has 0 aromatic heterocycles. The van der Waals surface area contributed by atoms with E-state index < -0.39 is 18.1 Å². The predicted molar refractivity (Wildman–Crippen MR) is 125 cm³/mol. The topological polar surface area (TPSA) is 105 Å². The van der Waals surface area contributed by atoms with Crippen LogP contribution in [0.5, 0.6) is 0 Å². The van der Waals surface area contributed by atoms with Gasteiger partial charge in [0, 0.05) is 12.8 Å². The average molecular weight is 457 g/mol. The number of alkyl carbamates (subject to hydrolysis) is 1. The Hall–Kier alpha value is -3.00. The number of benzene rings is 2. The third-order valence-corrected chi connectivity index (χ3v) is 6.31. The van der Waals surface area contributed by atoms with E-state index >= 15 is 0 Å². The molecule has 1 aliphatic rings. The SMILES string of the molecule is CC(=O)NCSCCCC[C@@H](NC(=O)OCC1c2ccccc2-c2ccccc21)C(=O)O. The molecule has 3 rings (SSSR count). The zero-order valence-electron chi connectivity index (χ0n) is 18.0. The first-order chi connectivity index (χ1) is 15.5. The Balaban J connectivity index is 1.47. The maximum Gasteiger partial charge on any atom is 0.407 e. The molecule has 8 heteroatoms. The van der Waals surface area contributed by atoms with Gasteiger partial charge in [0.1, 0.15) is 12.6 Å². The molecule has 1 aliphatic carbocycles. The van der Waals surface area contributed by atoms with Crippen LogP contribution in [0.4, 0.5) is 4.79 Å². The number of aliphatic carboxylic acids is 1. The zero-order valence-corrected chi connectivity index (χ0v) is 18.8. The van der Waals surface area contributed by atoms with Crippen LogP contribution in [-0.4, -0.2) is 47.4 Å². The Morgan fingerprint density at radius 2 is 1.66 bits per heavy atom. The monoisotopic (exact) mass is 456 g/mol. The van der Waals surface area contributed by atoms with Crippen LogP contribution in [0.3, 0.4) is 0 Å². The minimum Gasteiger partial charge on any atom is -0.480 e. The van der Waals surface area contributed by atoms with Gasteiger partial charge in [-0.1, -0.05) is 48.5 Å². The minimum absolute atomic E-state index is 0.0722. The van der Waals surface area contributed by atoms with Gasteiger partial charge < -0.3 is 20.5 Å². The molecular formula is C24H28N2O5S. The van der Waals surface area contributed by atoms with Crippen LogP contribution in [-0.2, 0) is 14.3 Å². The van der Waals surface area contributed by atoms with Crippen LogP contribution < -0.4 is 10.6 Å². The normalized spacial score (nSPS) is 13.0. The van der Waals surface area contributed by atoms with Crippen molar-refractivity contribution in [3.63, 3.8) is 0 Å². The molecule has 0 spiro atoms. The molecule has 2 aromatic rings. The van der Waals surface area contributed by atoms with Gasteiger partial charge in [0.05, 0.1) is 5.88 Å². The van der Waals surface area contributed by atoms with Crippen LogP contribution in [0.1, 0.15) is 43.2 Å². The summed E-state index contributed by atoms with van der Waals surface area (Å²) in [6.45, 7) is 1.61. The minimum atomic E-state index is -1.08. The smallest absolute Gasteiger partial charge is 0.407 e. The molecule has 32 heavy (non-hydrogen) atoms. The fourth-order valence-corrected chi connectivity index (χ4v) is 4.68. The summed E-state index contributed by atoms with van der Waals surface area (Å²) in [4.78, 5) is 34.7. The number of fused-ring (bicyclic) bond motifs is 3. The lowest BCUT2D eigenvalue weighted by atomic mass is 9.98. The van der Waals surface area contributed by atoms with E-state index in [1.807, 2.05) is 36.4 Å². The third kappa shape index (κ3) is 6.26. The fourth-order valence-electron chi connectivity index (χ4n) is 3.82. The summed E-state index contributed by atoms with van der Waals surface area (Å²) < 4.78 is 5.44. The second-order valence-corrected chi connectivity index (χ2v) is 8.75. The second-order valence-electron chi connectivity index (χ2n) is 7.64. The molecule has 0 unspecified atom stereocenters. The van der Waals surface area contributed by atoms with Crippen molar-refractivity contribution in [2.75, 3.05) is 18.2 Å². The van der Waals surface area contributed by atoms with Crippen LogP contribution >= 0.6 is 11.8 Å². The largest absolute Gasteiger partial charge is 0.480 e. The highest BCUT2D eigenvalue weighted by molar-refractivity contribution is 7.99. The second kappa shape index (κ2) is 11.6. The van der Waals surface area contributed by atoms with E-state index in [4.69, 9.17) is 4.74 Å². The molecule has 2 amide bonds. The highest BCUT2D eigenvalue weighted by Crippen LogP contribution is 2.44. The molecule has 2 aromatic carbocycles. The summed E-state index contributed by atoms with van der Waals surface area (Å²) >= 11 is 1.58. The van der Waals surface area contributed by atoms with E-state index in [1.165, 1.54) is 6.92 Å². The van der Waals surface area contributed by atoms with Gasteiger partial charge in [-0.2, -0.15) is 0 Å². The Kier molecular flexibility index (Phi) is 8.56. The van der Waals surface area contributed by atoms with Gasteiger partial charge in [-0.3, -0.25) is 4.79 Å². The van der Waals surface area contributed by atoms with Gasteiger partial charge in [0.25, 0.3) is 0 Å². The summed E-state index contributed by atoms with van der Waals surface area (Å²) in [5.41, 5.74) is 4.48. The number of carboxylic acids is 1. The summed E-state index contributed by atoms with van der Waals surface area (Å²) in [6.07, 6.45) is 1.04. The van der Waals surface area contributed by atoms with Crippen molar-refractivity contribution in [3.8, 4) is 11.1 Å². The van der Waals surface area contributed by atoms with Crippen molar-refractivity contribution < 1.29 is 24.2 Å². The predicted octanol–water partition coefficient (Wildman–Crippen LogP) is 3.98. The molecule has 170 valence electrons. The molecule has 0 saturated carbocycles.